The number of Topliss-reactive ketones (excluding diaryl/α,β-unsaturated/α-hetero) is 1. The van der Waals surface area contributed by atoms with E-state index in [0.29, 0.717) is 0 Å². The van der Waals surface area contributed by atoms with Crippen LogP contribution in [0.2, 0.25) is 0 Å². The van der Waals surface area contributed by atoms with Gasteiger partial charge in [-0.2, -0.15) is 13.2 Å². The number of alkyl halides is 3. The van der Waals surface area contributed by atoms with Crippen molar-refractivity contribution in [2.45, 2.75) is 39.5 Å². The maximum atomic E-state index is 13.3. The van der Waals surface area contributed by atoms with Crippen LogP contribution in [0.1, 0.15) is 24.6 Å². The lowest BCUT2D eigenvalue weighted by Gasteiger charge is -2.12. The fourth-order valence-electron chi connectivity index (χ4n) is 3.87. The lowest BCUT2D eigenvalue weighted by atomic mass is 10.1. The smallest absolute Gasteiger partial charge is 0.315 e. The molecule has 0 atom stereocenters. The number of amides is 1. The number of pyridine rings is 2. The highest BCUT2D eigenvalue weighted by Gasteiger charge is 2.33. The number of nitrogens with zero attached hydrogens (tertiary/aromatic N) is 6. The number of rotatable bonds is 7. The standard InChI is InChI=1S/C24H22F3N7O4/c1-13(35)7-8-34-22(37)20-21(32(3)23(34)38)29-12-33(20)11-19(36)31-18-6-4-5-17(30-18)15-9-16(24(25,26)27)14(2)28-10-15/h4-6,9-10,12H,7-8,11H2,1-3H3,(H,30,31,36). The van der Waals surface area contributed by atoms with Gasteiger partial charge in [0.05, 0.1) is 17.6 Å². The number of hydrogen-bond acceptors (Lipinski definition) is 7. The first-order valence-electron chi connectivity index (χ1n) is 11.3. The molecule has 38 heavy (non-hydrogen) atoms. The predicted octanol–water partition coefficient (Wildman–Crippen LogP) is 2.30. The van der Waals surface area contributed by atoms with E-state index < -0.39 is 28.9 Å². The Hall–Kier alpha value is -4.62. The molecule has 14 heteroatoms. The van der Waals surface area contributed by atoms with Crippen molar-refractivity contribution in [3.8, 4) is 11.3 Å². The van der Waals surface area contributed by atoms with Crippen LogP contribution in [0.15, 0.2) is 46.4 Å². The van der Waals surface area contributed by atoms with Crippen molar-refractivity contribution in [1.29, 1.82) is 0 Å². The fraction of sp³-hybridized carbons (Fsp3) is 0.292. The SMILES string of the molecule is CC(=O)CCn1c(=O)c2c(ncn2CC(=O)Nc2cccc(-c3cnc(C)c(C(F)(F)F)c3)n2)n(C)c1=O. The third kappa shape index (κ3) is 5.23. The van der Waals surface area contributed by atoms with E-state index in [0.717, 1.165) is 15.2 Å². The van der Waals surface area contributed by atoms with Crippen LogP contribution in [0.4, 0.5) is 19.0 Å². The zero-order valence-corrected chi connectivity index (χ0v) is 20.5. The molecule has 0 saturated carbocycles. The van der Waals surface area contributed by atoms with Gasteiger partial charge < -0.3 is 9.88 Å². The largest absolute Gasteiger partial charge is 0.418 e. The van der Waals surface area contributed by atoms with Gasteiger partial charge in [0.1, 0.15) is 18.1 Å². The Kier molecular flexibility index (Phi) is 6.98. The quantitative estimate of drug-likeness (QED) is 0.388. The fourth-order valence-corrected chi connectivity index (χ4v) is 3.87. The zero-order valence-electron chi connectivity index (χ0n) is 20.5. The first-order valence-corrected chi connectivity index (χ1v) is 11.3. The van der Waals surface area contributed by atoms with Crippen molar-refractivity contribution >= 4 is 28.7 Å². The maximum Gasteiger partial charge on any atom is 0.418 e. The van der Waals surface area contributed by atoms with Gasteiger partial charge in [-0.1, -0.05) is 6.07 Å². The number of carbonyl (C=O) groups is 2. The monoisotopic (exact) mass is 529 g/mol. The number of fused-ring (bicyclic) bond motifs is 1. The van der Waals surface area contributed by atoms with Crippen LogP contribution in [0.3, 0.4) is 0 Å². The molecule has 0 aliphatic carbocycles. The summed E-state index contributed by atoms with van der Waals surface area (Å²) >= 11 is 0. The van der Waals surface area contributed by atoms with Crippen LogP contribution in [0.5, 0.6) is 0 Å². The normalized spacial score (nSPS) is 11.6. The highest BCUT2D eigenvalue weighted by molar-refractivity contribution is 5.90. The molecule has 4 aromatic rings. The van der Waals surface area contributed by atoms with Gasteiger partial charge in [0.15, 0.2) is 11.2 Å². The van der Waals surface area contributed by atoms with Gasteiger partial charge in [-0.3, -0.25) is 28.5 Å². The third-order valence-corrected chi connectivity index (χ3v) is 5.81. The van der Waals surface area contributed by atoms with E-state index in [-0.39, 0.29) is 59.2 Å². The molecule has 0 fully saturated rings. The van der Waals surface area contributed by atoms with E-state index in [1.807, 2.05) is 0 Å². The number of aromatic nitrogens is 6. The average molecular weight is 529 g/mol. The molecule has 4 aromatic heterocycles. The summed E-state index contributed by atoms with van der Waals surface area (Å²) in [5, 5.41) is 2.55. The number of ketones is 1. The Balaban J connectivity index is 1.60. The van der Waals surface area contributed by atoms with Gasteiger partial charge in [0.2, 0.25) is 5.91 Å². The van der Waals surface area contributed by atoms with Crippen molar-refractivity contribution in [3.63, 3.8) is 0 Å². The van der Waals surface area contributed by atoms with Crippen molar-refractivity contribution < 1.29 is 22.8 Å². The first-order chi connectivity index (χ1) is 17.9. The second-order valence-electron chi connectivity index (χ2n) is 8.61. The van der Waals surface area contributed by atoms with Crippen LogP contribution in [-0.2, 0) is 35.9 Å². The summed E-state index contributed by atoms with van der Waals surface area (Å²) in [5.41, 5.74) is -2.04. The van der Waals surface area contributed by atoms with Gasteiger partial charge in [0.25, 0.3) is 5.56 Å². The summed E-state index contributed by atoms with van der Waals surface area (Å²) in [6.07, 6.45) is -2.10. The summed E-state index contributed by atoms with van der Waals surface area (Å²) in [5.74, 6) is -0.731. The molecule has 11 nitrogen and oxygen atoms in total. The van der Waals surface area contributed by atoms with Crippen LogP contribution in [-0.4, -0.2) is 40.3 Å². The highest BCUT2D eigenvalue weighted by atomic mass is 19.4. The van der Waals surface area contributed by atoms with Crippen molar-refractivity contribution in [2.75, 3.05) is 5.32 Å². The number of carbonyl (C=O) groups excluding carboxylic acids is 2. The molecule has 0 aliphatic rings. The number of aryl methyl sites for hydroxylation is 2. The van der Waals surface area contributed by atoms with Gasteiger partial charge in [-0.25, -0.2) is 14.8 Å². The third-order valence-electron chi connectivity index (χ3n) is 5.81. The number of nitrogens with one attached hydrogen (secondary N) is 1. The van der Waals surface area contributed by atoms with Crippen LogP contribution >= 0.6 is 0 Å². The van der Waals surface area contributed by atoms with Crippen molar-refractivity contribution in [1.82, 2.24) is 28.7 Å². The van der Waals surface area contributed by atoms with Crippen LogP contribution < -0.4 is 16.6 Å². The summed E-state index contributed by atoms with van der Waals surface area (Å²) in [7, 11) is 1.42. The summed E-state index contributed by atoms with van der Waals surface area (Å²) in [4.78, 5) is 61.8. The minimum atomic E-state index is -4.58. The molecule has 4 rings (SSSR count). The molecule has 0 aromatic carbocycles. The second kappa shape index (κ2) is 10.0. The Morgan fingerprint density at radius 1 is 1.13 bits per heavy atom. The maximum absolute atomic E-state index is 13.3. The second-order valence-corrected chi connectivity index (χ2v) is 8.61. The van der Waals surface area contributed by atoms with Gasteiger partial charge in [-0.05, 0) is 32.0 Å². The molecule has 0 bridgehead atoms. The minimum absolute atomic E-state index is 0.00192. The number of hydrogen-bond donors (Lipinski definition) is 1. The summed E-state index contributed by atoms with van der Waals surface area (Å²) in [6, 6.07) is 5.39. The summed E-state index contributed by atoms with van der Waals surface area (Å²) in [6.45, 7) is 2.12. The Labute approximate surface area is 212 Å². The molecule has 198 valence electrons. The van der Waals surface area contributed by atoms with Gasteiger partial charge in [0, 0.05) is 37.5 Å². The predicted molar refractivity (Wildman–Crippen MR) is 130 cm³/mol. The Morgan fingerprint density at radius 2 is 1.87 bits per heavy atom. The molecule has 1 amide bonds. The highest BCUT2D eigenvalue weighted by Crippen LogP contribution is 2.33. The van der Waals surface area contributed by atoms with E-state index in [2.05, 4.69) is 20.3 Å². The van der Waals surface area contributed by atoms with E-state index in [9.17, 15) is 32.3 Å². The lowest BCUT2D eigenvalue weighted by Crippen LogP contribution is -2.40. The lowest BCUT2D eigenvalue weighted by molar-refractivity contribution is -0.138. The topological polar surface area (TPSA) is 134 Å². The van der Waals surface area contributed by atoms with E-state index in [1.165, 1.54) is 56.2 Å². The molecule has 0 radical (unpaired) electrons. The number of anilines is 1. The Bertz CT molecular complexity index is 1690. The average Bonchev–Trinajstić information content (AvgIpc) is 3.25. The summed E-state index contributed by atoms with van der Waals surface area (Å²) < 4.78 is 43.2. The van der Waals surface area contributed by atoms with Gasteiger partial charge in [-0.15, -0.1) is 0 Å². The molecule has 0 spiro atoms. The van der Waals surface area contributed by atoms with Crippen molar-refractivity contribution in [2.24, 2.45) is 7.05 Å². The Morgan fingerprint density at radius 3 is 2.55 bits per heavy atom. The molecule has 0 saturated heterocycles. The van der Waals surface area contributed by atoms with E-state index >= 15 is 0 Å². The molecule has 0 unspecified atom stereocenters. The van der Waals surface area contributed by atoms with Crippen LogP contribution in [0, 0.1) is 6.92 Å². The van der Waals surface area contributed by atoms with E-state index in [4.69, 9.17) is 0 Å². The van der Waals surface area contributed by atoms with Crippen LogP contribution in [0.25, 0.3) is 22.4 Å². The van der Waals surface area contributed by atoms with Gasteiger partial charge >= 0.3 is 11.9 Å². The molecular weight excluding hydrogens is 507 g/mol. The first kappa shape index (κ1) is 26.4. The van der Waals surface area contributed by atoms with Crippen molar-refractivity contribution in [3.05, 3.63) is 68.9 Å². The minimum Gasteiger partial charge on any atom is -0.315 e. The molecule has 1 N–H and O–H groups in total. The van der Waals surface area contributed by atoms with E-state index in [1.54, 1.807) is 0 Å². The molecular formula is C24H22F3N7O4. The number of halogens is 3. The molecule has 4 heterocycles. The zero-order chi connectivity index (χ0) is 27.8. The number of imidazole rings is 1. The molecule has 0 aliphatic heterocycles.